The third-order valence-electron chi connectivity index (χ3n) is 4.53. The van der Waals surface area contributed by atoms with Crippen molar-refractivity contribution in [2.45, 2.75) is 38.0 Å². The van der Waals surface area contributed by atoms with Gasteiger partial charge < -0.3 is 4.74 Å². The molecule has 0 N–H and O–H groups in total. The predicted octanol–water partition coefficient (Wildman–Crippen LogP) is 5.15. The van der Waals surface area contributed by atoms with Gasteiger partial charge in [0.05, 0.1) is 17.1 Å². The third kappa shape index (κ3) is 4.47. The molecule has 0 unspecified atom stereocenters. The minimum atomic E-state index is -0.205. The highest BCUT2D eigenvalue weighted by molar-refractivity contribution is 8.04. The van der Waals surface area contributed by atoms with Crippen LogP contribution in [0.4, 0.5) is 0 Å². The number of carbonyl (C=O) groups is 2. The number of amides is 2. The smallest absolute Gasteiger partial charge is 0.268 e. The maximum absolute atomic E-state index is 13.1. The van der Waals surface area contributed by atoms with Crippen LogP contribution in [-0.2, 0) is 9.59 Å². The van der Waals surface area contributed by atoms with Gasteiger partial charge >= 0.3 is 0 Å². The zero-order chi connectivity index (χ0) is 19.9. The number of nitrogens with zero attached hydrogens (tertiary/aromatic N) is 1. The first kappa shape index (κ1) is 20.2. The molecule has 0 fully saturated rings. The van der Waals surface area contributed by atoms with Gasteiger partial charge in [-0.05, 0) is 43.2 Å². The third-order valence-corrected chi connectivity index (χ3v) is 5.62. The summed E-state index contributed by atoms with van der Waals surface area (Å²) in [6, 6.07) is 17.1. The zero-order valence-electron chi connectivity index (χ0n) is 16.3. The van der Waals surface area contributed by atoms with E-state index in [1.54, 1.807) is 0 Å². The lowest BCUT2D eigenvalue weighted by Gasteiger charge is -2.14. The first-order chi connectivity index (χ1) is 13.7. The van der Waals surface area contributed by atoms with E-state index in [1.807, 2.05) is 61.5 Å². The van der Waals surface area contributed by atoms with Gasteiger partial charge in [-0.25, -0.2) is 0 Å². The highest BCUT2D eigenvalue weighted by Crippen LogP contribution is 2.40. The monoisotopic (exact) mass is 395 g/mol. The molecule has 0 radical (unpaired) electrons. The van der Waals surface area contributed by atoms with Gasteiger partial charge in [-0.15, -0.1) is 0 Å². The summed E-state index contributed by atoms with van der Waals surface area (Å²) in [5, 5.41) is 0. The summed E-state index contributed by atoms with van der Waals surface area (Å²) < 4.78 is 5.50. The molecule has 1 aliphatic rings. The van der Waals surface area contributed by atoms with Crippen LogP contribution in [0, 0.1) is 0 Å². The Balaban J connectivity index is 1.95. The normalized spacial score (nSPS) is 14.1. The number of carbonyl (C=O) groups excluding carboxylic acids is 2. The molecule has 0 bridgehead atoms. The van der Waals surface area contributed by atoms with Crippen molar-refractivity contribution in [1.29, 1.82) is 0 Å². The van der Waals surface area contributed by atoms with E-state index in [-0.39, 0.29) is 11.8 Å². The van der Waals surface area contributed by atoms with Crippen LogP contribution >= 0.6 is 11.8 Å². The molecule has 5 heteroatoms. The predicted molar refractivity (Wildman–Crippen MR) is 113 cm³/mol. The molecule has 0 spiro atoms. The average molecular weight is 396 g/mol. The minimum Gasteiger partial charge on any atom is -0.494 e. The summed E-state index contributed by atoms with van der Waals surface area (Å²) in [7, 11) is 0. The number of hydrogen-bond acceptors (Lipinski definition) is 4. The van der Waals surface area contributed by atoms with Crippen LogP contribution in [0.3, 0.4) is 0 Å². The lowest BCUT2D eigenvalue weighted by Crippen LogP contribution is -2.32. The summed E-state index contributed by atoms with van der Waals surface area (Å²) in [6.07, 6.45) is 2.87. The van der Waals surface area contributed by atoms with Gasteiger partial charge in [0.25, 0.3) is 11.8 Å². The Morgan fingerprint density at radius 3 is 2.25 bits per heavy atom. The molecule has 2 aromatic carbocycles. The molecule has 0 saturated carbocycles. The number of ether oxygens (including phenoxy) is 1. The van der Waals surface area contributed by atoms with Crippen molar-refractivity contribution >= 4 is 29.1 Å². The average Bonchev–Trinajstić information content (AvgIpc) is 2.94. The second kappa shape index (κ2) is 9.60. The van der Waals surface area contributed by atoms with Crippen LogP contribution in [0.5, 0.6) is 5.75 Å². The number of benzene rings is 2. The summed E-state index contributed by atoms with van der Waals surface area (Å²) in [5.41, 5.74) is 1.23. The highest BCUT2D eigenvalue weighted by Gasteiger charge is 2.39. The molecular weight excluding hydrogens is 370 g/mol. The van der Waals surface area contributed by atoms with Crippen molar-refractivity contribution in [1.82, 2.24) is 4.90 Å². The second-order valence-corrected chi connectivity index (χ2v) is 7.63. The van der Waals surface area contributed by atoms with Crippen LogP contribution in [0.25, 0.3) is 5.57 Å². The van der Waals surface area contributed by atoms with E-state index in [9.17, 15) is 9.59 Å². The molecule has 1 heterocycles. The summed E-state index contributed by atoms with van der Waals surface area (Å²) in [5.74, 6) is 0.350. The molecule has 1 aliphatic heterocycles. The number of unbranched alkanes of at least 4 members (excludes halogenated alkanes) is 2. The van der Waals surface area contributed by atoms with Gasteiger partial charge in [-0.2, -0.15) is 0 Å². The van der Waals surface area contributed by atoms with E-state index in [2.05, 4.69) is 6.92 Å². The standard InChI is InChI=1S/C23H25NO3S/c1-3-5-9-16-24-22(25)20(17-12-14-18(15-13-17)27-4-2)21(23(24)26)28-19-10-7-6-8-11-19/h6-8,10-15H,3-5,9,16H2,1-2H3. The van der Waals surface area contributed by atoms with E-state index < -0.39 is 0 Å². The number of imide groups is 1. The minimum absolute atomic E-state index is 0.196. The Bertz CT molecular complexity index is 859. The van der Waals surface area contributed by atoms with Crippen LogP contribution in [-0.4, -0.2) is 29.9 Å². The summed E-state index contributed by atoms with van der Waals surface area (Å²) in [6.45, 7) is 5.08. The van der Waals surface area contributed by atoms with Crippen LogP contribution < -0.4 is 4.74 Å². The van der Waals surface area contributed by atoms with E-state index in [1.165, 1.54) is 16.7 Å². The summed E-state index contributed by atoms with van der Waals surface area (Å²) >= 11 is 1.36. The highest BCUT2D eigenvalue weighted by atomic mass is 32.2. The quantitative estimate of drug-likeness (QED) is 0.435. The van der Waals surface area contributed by atoms with E-state index in [0.29, 0.717) is 23.6 Å². The first-order valence-corrected chi connectivity index (χ1v) is 10.5. The van der Waals surface area contributed by atoms with E-state index in [4.69, 9.17) is 4.74 Å². The van der Waals surface area contributed by atoms with Gasteiger partial charge in [0.15, 0.2) is 0 Å². The van der Waals surface area contributed by atoms with E-state index >= 15 is 0 Å². The molecule has 0 atom stereocenters. The molecule has 0 saturated heterocycles. The van der Waals surface area contributed by atoms with Gasteiger partial charge in [0.2, 0.25) is 0 Å². The molecule has 2 aromatic rings. The molecule has 146 valence electrons. The Morgan fingerprint density at radius 1 is 0.893 bits per heavy atom. The van der Waals surface area contributed by atoms with Gasteiger partial charge in [0.1, 0.15) is 5.75 Å². The first-order valence-electron chi connectivity index (χ1n) is 9.72. The molecule has 2 amide bonds. The number of rotatable bonds is 9. The fourth-order valence-electron chi connectivity index (χ4n) is 3.12. The molecule has 0 aromatic heterocycles. The maximum Gasteiger partial charge on any atom is 0.268 e. The summed E-state index contributed by atoms with van der Waals surface area (Å²) in [4.78, 5) is 29.0. The van der Waals surface area contributed by atoms with Gasteiger partial charge in [-0.1, -0.05) is 61.9 Å². The Labute approximate surface area is 170 Å². The fraction of sp³-hybridized carbons (Fsp3) is 0.304. The fourth-order valence-corrected chi connectivity index (χ4v) is 4.15. The second-order valence-electron chi connectivity index (χ2n) is 6.55. The van der Waals surface area contributed by atoms with Crippen molar-refractivity contribution in [3.05, 3.63) is 65.1 Å². The molecular formula is C23H25NO3S. The van der Waals surface area contributed by atoms with Gasteiger partial charge in [-0.3, -0.25) is 14.5 Å². The lowest BCUT2D eigenvalue weighted by molar-refractivity contribution is -0.136. The molecule has 0 aliphatic carbocycles. The lowest BCUT2D eigenvalue weighted by atomic mass is 10.1. The van der Waals surface area contributed by atoms with Gasteiger partial charge in [0, 0.05) is 11.4 Å². The van der Waals surface area contributed by atoms with Crippen LogP contribution in [0.15, 0.2) is 64.4 Å². The maximum atomic E-state index is 13.1. The van der Waals surface area contributed by atoms with Crippen molar-refractivity contribution < 1.29 is 14.3 Å². The van der Waals surface area contributed by atoms with Crippen molar-refractivity contribution in [2.24, 2.45) is 0 Å². The molecule has 4 nitrogen and oxygen atoms in total. The Hall–Kier alpha value is -2.53. The van der Waals surface area contributed by atoms with Crippen molar-refractivity contribution in [3.8, 4) is 5.75 Å². The largest absolute Gasteiger partial charge is 0.494 e. The van der Waals surface area contributed by atoms with Crippen LogP contribution in [0.1, 0.15) is 38.7 Å². The van der Waals surface area contributed by atoms with E-state index in [0.717, 1.165) is 35.5 Å². The Kier molecular flexibility index (Phi) is 6.93. The SMILES string of the molecule is CCCCCN1C(=O)C(Sc2ccccc2)=C(c2ccc(OCC)cc2)C1=O. The van der Waals surface area contributed by atoms with Crippen LogP contribution in [0.2, 0.25) is 0 Å². The molecule has 3 rings (SSSR count). The topological polar surface area (TPSA) is 46.6 Å². The zero-order valence-corrected chi connectivity index (χ0v) is 17.1. The van der Waals surface area contributed by atoms with Crippen molar-refractivity contribution in [2.75, 3.05) is 13.2 Å². The number of thioether (sulfide) groups is 1. The molecule has 28 heavy (non-hydrogen) atoms. The van der Waals surface area contributed by atoms with Crippen molar-refractivity contribution in [3.63, 3.8) is 0 Å². The number of hydrogen-bond donors (Lipinski definition) is 0. The Morgan fingerprint density at radius 2 is 1.61 bits per heavy atom.